The van der Waals surface area contributed by atoms with Crippen molar-refractivity contribution >= 4 is 33.2 Å². The SMILES string of the molecule is O=C(COC(=O)C1CCN(S(=O)(=O)c2cccs2)CC1)NC(c1ccccc1)c1ccccc1. The van der Waals surface area contributed by atoms with E-state index in [1.807, 2.05) is 60.7 Å². The van der Waals surface area contributed by atoms with Gasteiger partial charge in [0, 0.05) is 13.1 Å². The van der Waals surface area contributed by atoms with Gasteiger partial charge in [0.15, 0.2) is 6.61 Å². The Morgan fingerprint density at radius 3 is 2.06 bits per heavy atom. The van der Waals surface area contributed by atoms with E-state index in [1.165, 1.54) is 15.6 Å². The molecule has 1 fully saturated rings. The molecule has 2 aromatic carbocycles. The van der Waals surface area contributed by atoms with Crippen molar-refractivity contribution in [2.45, 2.75) is 23.1 Å². The lowest BCUT2D eigenvalue weighted by Crippen LogP contribution is -2.41. The zero-order chi connectivity index (χ0) is 24.0. The van der Waals surface area contributed by atoms with Crippen molar-refractivity contribution in [3.63, 3.8) is 0 Å². The first-order chi connectivity index (χ1) is 16.4. The Kier molecular flexibility index (Phi) is 7.77. The van der Waals surface area contributed by atoms with Crippen LogP contribution in [0.5, 0.6) is 0 Å². The van der Waals surface area contributed by atoms with Crippen LogP contribution in [-0.4, -0.2) is 44.3 Å². The van der Waals surface area contributed by atoms with Gasteiger partial charge >= 0.3 is 5.97 Å². The summed E-state index contributed by atoms with van der Waals surface area (Å²) in [6, 6.07) is 22.1. The second kappa shape index (κ2) is 10.9. The maximum Gasteiger partial charge on any atom is 0.309 e. The van der Waals surface area contributed by atoms with E-state index in [0.29, 0.717) is 17.1 Å². The number of hydrogen-bond donors (Lipinski definition) is 1. The van der Waals surface area contributed by atoms with Crippen LogP contribution in [0, 0.1) is 5.92 Å². The molecule has 178 valence electrons. The van der Waals surface area contributed by atoms with Gasteiger partial charge in [-0.1, -0.05) is 66.7 Å². The predicted molar refractivity (Wildman–Crippen MR) is 130 cm³/mol. The number of sulfonamides is 1. The van der Waals surface area contributed by atoms with E-state index in [-0.39, 0.29) is 25.7 Å². The van der Waals surface area contributed by atoms with Gasteiger partial charge in [-0.15, -0.1) is 11.3 Å². The first-order valence-corrected chi connectivity index (χ1v) is 13.4. The van der Waals surface area contributed by atoms with Gasteiger partial charge in [-0.05, 0) is 35.4 Å². The normalized spacial score (nSPS) is 15.2. The molecule has 1 aliphatic rings. The first-order valence-electron chi connectivity index (χ1n) is 11.0. The highest BCUT2D eigenvalue weighted by Crippen LogP contribution is 2.27. The molecule has 34 heavy (non-hydrogen) atoms. The van der Waals surface area contributed by atoms with Crippen LogP contribution in [0.1, 0.15) is 30.0 Å². The molecule has 1 aromatic heterocycles. The Hall–Kier alpha value is -3.01. The lowest BCUT2D eigenvalue weighted by molar-refractivity contribution is -0.153. The third-order valence-electron chi connectivity index (χ3n) is 5.79. The summed E-state index contributed by atoms with van der Waals surface area (Å²) in [5.41, 5.74) is 1.85. The molecule has 1 N–H and O–H groups in total. The van der Waals surface area contributed by atoms with Crippen LogP contribution in [0.3, 0.4) is 0 Å². The van der Waals surface area contributed by atoms with E-state index < -0.39 is 27.8 Å². The Morgan fingerprint density at radius 1 is 0.941 bits per heavy atom. The number of esters is 1. The van der Waals surface area contributed by atoms with E-state index in [1.54, 1.807) is 17.5 Å². The third kappa shape index (κ3) is 5.72. The van der Waals surface area contributed by atoms with Gasteiger partial charge in [-0.25, -0.2) is 8.42 Å². The minimum atomic E-state index is -3.52. The van der Waals surface area contributed by atoms with E-state index in [0.717, 1.165) is 11.1 Å². The predicted octanol–water partition coefficient (Wildman–Crippen LogP) is 3.60. The standard InChI is InChI=1S/C25H26N2O5S2/c28-22(26-24(19-8-3-1-4-9-19)20-10-5-2-6-11-20)18-32-25(29)21-13-15-27(16-14-21)34(30,31)23-12-7-17-33-23/h1-12,17,21,24H,13-16,18H2,(H,26,28). The smallest absolute Gasteiger partial charge is 0.309 e. The molecule has 3 aromatic rings. The van der Waals surface area contributed by atoms with Crippen LogP contribution < -0.4 is 5.32 Å². The van der Waals surface area contributed by atoms with Gasteiger partial charge in [0.1, 0.15) is 4.21 Å². The maximum absolute atomic E-state index is 12.6. The molecule has 1 saturated heterocycles. The van der Waals surface area contributed by atoms with E-state index in [2.05, 4.69) is 5.32 Å². The molecule has 2 heterocycles. The molecular formula is C25H26N2O5S2. The summed E-state index contributed by atoms with van der Waals surface area (Å²) in [5, 5.41) is 4.67. The summed E-state index contributed by atoms with van der Waals surface area (Å²) in [6.07, 6.45) is 0.726. The summed E-state index contributed by atoms with van der Waals surface area (Å²) < 4.78 is 32.3. The first kappa shape index (κ1) is 24.1. The molecule has 9 heteroatoms. The number of piperidine rings is 1. The number of carbonyl (C=O) groups excluding carboxylic acids is 2. The van der Waals surface area contributed by atoms with Gasteiger partial charge in [0.25, 0.3) is 15.9 Å². The summed E-state index contributed by atoms with van der Waals surface area (Å²) in [6.45, 7) is 0.106. The topological polar surface area (TPSA) is 92.8 Å². The fourth-order valence-corrected chi connectivity index (χ4v) is 6.59. The number of benzene rings is 2. The molecule has 0 aliphatic carbocycles. The largest absolute Gasteiger partial charge is 0.455 e. The highest BCUT2D eigenvalue weighted by atomic mass is 32.2. The van der Waals surface area contributed by atoms with Crippen LogP contribution in [0.25, 0.3) is 0 Å². The van der Waals surface area contributed by atoms with Gasteiger partial charge in [-0.3, -0.25) is 9.59 Å². The Bertz CT molecular complexity index is 1150. The maximum atomic E-state index is 12.6. The number of hydrogen-bond acceptors (Lipinski definition) is 6. The van der Waals surface area contributed by atoms with Gasteiger partial charge < -0.3 is 10.1 Å². The Labute approximate surface area is 203 Å². The third-order valence-corrected chi connectivity index (χ3v) is 9.06. The molecule has 0 unspecified atom stereocenters. The van der Waals surface area contributed by atoms with Crippen LogP contribution in [0.2, 0.25) is 0 Å². The molecule has 7 nitrogen and oxygen atoms in total. The minimum absolute atomic E-state index is 0.246. The van der Waals surface area contributed by atoms with Gasteiger partial charge in [0.05, 0.1) is 12.0 Å². The van der Waals surface area contributed by atoms with Gasteiger partial charge in [-0.2, -0.15) is 4.31 Å². The molecule has 0 radical (unpaired) electrons. The number of carbonyl (C=O) groups is 2. The van der Waals surface area contributed by atoms with Crippen molar-refractivity contribution in [2.24, 2.45) is 5.92 Å². The van der Waals surface area contributed by atoms with Crippen molar-refractivity contribution in [3.8, 4) is 0 Å². The van der Waals surface area contributed by atoms with E-state index in [4.69, 9.17) is 4.74 Å². The van der Waals surface area contributed by atoms with Crippen LogP contribution >= 0.6 is 11.3 Å². The monoisotopic (exact) mass is 498 g/mol. The average molecular weight is 499 g/mol. The quantitative estimate of drug-likeness (QED) is 0.479. The Morgan fingerprint density at radius 2 is 1.53 bits per heavy atom. The minimum Gasteiger partial charge on any atom is -0.455 e. The molecule has 0 atom stereocenters. The highest BCUT2D eigenvalue weighted by Gasteiger charge is 2.33. The number of rotatable bonds is 8. The zero-order valence-electron chi connectivity index (χ0n) is 18.5. The summed E-state index contributed by atoms with van der Waals surface area (Å²) in [4.78, 5) is 25.2. The Balaban J connectivity index is 1.30. The molecule has 1 aliphatic heterocycles. The van der Waals surface area contributed by atoms with E-state index >= 15 is 0 Å². The molecular weight excluding hydrogens is 472 g/mol. The van der Waals surface area contributed by atoms with Crippen molar-refractivity contribution in [2.75, 3.05) is 19.7 Å². The van der Waals surface area contributed by atoms with Crippen molar-refractivity contribution in [1.29, 1.82) is 0 Å². The van der Waals surface area contributed by atoms with E-state index in [9.17, 15) is 18.0 Å². The zero-order valence-corrected chi connectivity index (χ0v) is 20.1. The second-order valence-electron chi connectivity index (χ2n) is 8.04. The molecule has 0 saturated carbocycles. The lowest BCUT2D eigenvalue weighted by Gasteiger charge is -2.29. The average Bonchev–Trinajstić information content (AvgIpc) is 3.43. The highest BCUT2D eigenvalue weighted by molar-refractivity contribution is 7.91. The number of nitrogens with zero attached hydrogens (tertiary/aromatic N) is 1. The second-order valence-corrected chi connectivity index (χ2v) is 11.2. The fourth-order valence-electron chi connectivity index (χ4n) is 3.98. The molecule has 0 spiro atoms. The van der Waals surface area contributed by atoms with Crippen molar-refractivity contribution < 1.29 is 22.7 Å². The summed E-state index contributed by atoms with van der Waals surface area (Å²) >= 11 is 1.18. The summed E-state index contributed by atoms with van der Waals surface area (Å²) in [7, 11) is -3.52. The van der Waals surface area contributed by atoms with Crippen molar-refractivity contribution in [3.05, 3.63) is 89.3 Å². The summed E-state index contributed by atoms with van der Waals surface area (Å²) in [5.74, 6) is -1.30. The molecule has 4 rings (SSSR count). The van der Waals surface area contributed by atoms with Crippen LogP contribution in [0.4, 0.5) is 0 Å². The van der Waals surface area contributed by atoms with Crippen molar-refractivity contribution in [1.82, 2.24) is 9.62 Å². The molecule has 1 amide bonds. The fraction of sp³-hybridized carbons (Fsp3) is 0.280. The number of amides is 1. The number of nitrogens with one attached hydrogen (secondary N) is 1. The van der Waals surface area contributed by atoms with Crippen LogP contribution in [-0.2, 0) is 24.3 Å². The number of thiophene rings is 1. The number of ether oxygens (including phenoxy) is 1. The van der Waals surface area contributed by atoms with Gasteiger partial charge in [0.2, 0.25) is 0 Å². The lowest BCUT2D eigenvalue weighted by atomic mass is 9.98. The van der Waals surface area contributed by atoms with Crippen LogP contribution in [0.15, 0.2) is 82.4 Å². The molecule has 0 bridgehead atoms.